The van der Waals surface area contributed by atoms with Crippen molar-refractivity contribution in [3.05, 3.63) is 11.6 Å². The van der Waals surface area contributed by atoms with E-state index in [9.17, 15) is 0 Å². The molecule has 0 bridgehead atoms. The van der Waals surface area contributed by atoms with E-state index in [1.165, 1.54) is 32.1 Å². The zero-order valence-electron chi connectivity index (χ0n) is 16.9. The lowest BCUT2D eigenvalue weighted by molar-refractivity contribution is -0.243. The van der Waals surface area contributed by atoms with Crippen LogP contribution in [0.3, 0.4) is 0 Å². The number of ether oxygens (including phenoxy) is 4. The standard InChI is InChI=1S/C23H34O4/c1-20-9-10-22(24-11-12-25-22)15-16(20)3-4-17-18(20)5-7-21(2)19(17)6-8-23(21)26-13-14-27-23/h3,17-19H,4-15H2,1-2H3/t17-,18+,19?,20+,21+/m0/s1. The molecule has 0 radical (unpaired) electrons. The van der Waals surface area contributed by atoms with Crippen molar-refractivity contribution in [1.82, 2.24) is 0 Å². The number of rotatable bonds is 0. The molecule has 2 aliphatic heterocycles. The number of allylic oxidation sites excluding steroid dienone is 1. The molecule has 1 unspecified atom stereocenters. The molecule has 5 atom stereocenters. The Hall–Kier alpha value is -0.420. The van der Waals surface area contributed by atoms with E-state index in [1.54, 1.807) is 5.57 Å². The maximum Gasteiger partial charge on any atom is 0.174 e. The highest BCUT2D eigenvalue weighted by molar-refractivity contribution is 5.27. The topological polar surface area (TPSA) is 36.9 Å². The fourth-order valence-electron chi connectivity index (χ4n) is 8.23. The van der Waals surface area contributed by atoms with Crippen LogP contribution >= 0.6 is 0 Å². The molecule has 2 spiro atoms. The van der Waals surface area contributed by atoms with Crippen LogP contribution in [0.4, 0.5) is 0 Å². The van der Waals surface area contributed by atoms with Crippen molar-refractivity contribution in [2.75, 3.05) is 26.4 Å². The van der Waals surface area contributed by atoms with Crippen molar-refractivity contribution >= 4 is 0 Å². The Morgan fingerprint density at radius 1 is 0.815 bits per heavy atom. The summed E-state index contributed by atoms with van der Waals surface area (Å²) in [6.07, 6.45) is 12.0. The summed E-state index contributed by atoms with van der Waals surface area (Å²) in [5.74, 6) is 1.73. The average molecular weight is 375 g/mol. The molecule has 27 heavy (non-hydrogen) atoms. The van der Waals surface area contributed by atoms with Crippen molar-refractivity contribution < 1.29 is 18.9 Å². The lowest BCUT2D eigenvalue weighted by Gasteiger charge is -2.59. The van der Waals surface area contributed by atoms with Gasteiger partial charge in [0.25, 0.3) is 0 Å². The fraction of sp³-hybridized carbons (Fsp3) is 0.913. The Bertz CT molecular complexity index is 659. The van der Waals surface area contributed by atoms with E-state index in [0.717, 1.165) is 63.4 Å². The zero-order valence-corrected chi connectivity index (χ0v) is 16.9. The van der Waals surface area contributed by atoms with Crippen LogP contribution in [0.15, 0.2) is 11.6 Å². The summed E-state index contributed by atoms with van der Waals surface area (Å²) >= 11 is 0. The van der Waals surface area contributed by atoms with Crippen LogP contribution in [-0.4, -0.2) is 38.0 Å². The van der Waals surface area contributed by atoms with Gasteiger partial charge in [0.2, 0.25) is 0 Å². The van der Waals surface area contributed by atoms with Gasteiger partial charge in [-0.15, -0.1) is 0 Å². The molecule has 0 amide bonds. The van der Waals surface area contributed by atoms with E-state index in [4.69, 9.17) is 18.9 Å². The van der Waals surface area contributed by atoms with Gasteiger partial charge in [0, 0.05) is 24.7 Å². The number of hydrogen-bond acceptors (Lipinski definition) is 4. The molecule has 0 aromatic rings. The third-order valence-electron chi connectivity index (χ3n) is 9.72. The Morgan fingerprint density at radius 3 is 2.30 bits per heavy atom. The van der Waals surface area contributed by atoms with Crippen molar-refractivity contribution in [3.8, 4) is 0 Å². The molecule has 2 saturated heterocycles. The SMILES string of the molecule is C[C@@]12CCC3(CC1=CC[C@@H]1C4CCC5(OCCO5)[C@]4(C)CC[C@H]12)OCCO3. The summed E-state index contributed by atoms with van der Waals surface area (Å²) in [5.41, 5.74) is 2.15. The Labute approximate surface area is 162 Å². The van der Waals surface area contributed by atoms with Crippen LogP contribution in [0.5, 0.6) is 0 Å². The van der Waals surface area contributed by atoms with E-state index in [1.807, 2.05) is 0 Å². The summed E-state index contributed by atoms with van der Waals surface area (Å²) in [5, 5.41) is 0. The third kappa shape index (κ3) is 2.14. The van der Waals surface area contributed by atoms with Crippen molar-refractivity contribution in [2.45, 2.75) is 76.8 Å². The number of fused-ring (bicyclic) bond motifs is 6. The van der Waals surface area contributed by atoms with Crippen molar-refractivity contribution in [2.24, 2.45) is 28.6 Å². The van der Waals surface area contributed by atoms with Gasteiger partial charge in [-0.05, 0) is 55.3 Å². The molecule has 2 heterocycles. The first-order valence-electron chi connectivity index (χ1n) is 11.3. The molecule has 5 fully saturated rings. The maximum absolute atomic E-state index is 6.28. The first-order chi connectivity index (χ1) is 13.0. The highest BCUT2D eigenvalue weighted by Crippen LogP contribution is 2.69. The minimum atomic E-state index is -0.301. The summed E-state index contributed by atoms with van der Waals surface area (Å²) in [4.78, 5) is 0. The summed E-state index contributed by atoms with van der Waals surface area (Å²) < 4.78 is 24.7. The van der Waals surface area contributed by atoms with Gasteiger partial charge in [0.05, 0.1) is 26.4 Å². The quantitative estimate of drug-likeness (QED) is 0.588. The van der Waals surface area contributed by atoms with Crippen LogP contribution in [0.1, 0.15) is 65.2 Å². The largest absolute Gasteiger partial charge is 0.347 e. The predicted molar refractivity (Wildman–Crippen MR) is 101 cm³/mol. The molecule has 3 saturated carbocycles. The normalized spacial score (nSPS) is 49.7. The molecule has 6 rings (SSSR count). The Kier molecular flexibility index (Phi) is 3.61. The second-order valence-electron chi connectivity index (χ2n) is 10.5. The van der Waals surface area contributed by atoms with Crippen LogP contribution in [0.25, 0.3) is 0 Å². The molecule has 0 aromatic carbocycles. The van der Waals surface area contributed by atoms with E-state index >= 15 is 0 Å². The average Bonchev–Trinajstić information content (AvgIpc) is 3.38. The van der Waals surface area contributed by atoms with Crippen molar-refractivity contribution in [1.29, 1.82) is 0 Å². The van der Waals surface area contributed by atoms with Gasteiger partial charge in [-0.25, -0.2) is 0 Å². The first-order valence-corrected chi connectivity index (χ1v) is 11.3. The lowest BCUT2D eigenvalue weighted by atomic mass is 9.47. The zero-order chi connectivity index (χ0) is 18.3. The van der Waals surface area contributed by atoms with E-state index in [-0.39, 0.29) is 17.0 Å². The third-order valence-corrected chi connectivity index (χ3v) is 9.72. The summed E-state index contributed by atoms with van der Waals surface area (Å²) in [7, 11) is 0. The van der Waals surface area contributed by atoms with Gasteiger partial charge in [-0.3, -0.25) is 0 Å². The van der Waals surface area contributed by atoms with E-state index in [0.29, 0.717) is 5.41 Å². The van der Waals surface area contributed by atoms with Gasteiger partial charge in [-0.2, -0.15) is 0 Å². The highest BCUT2D eigenvalue weighted by Gasteiger charge is 2.67. The molecule has 0 aromatic heterocycles. The van der Waals surface area contributed by atoms with Crippen molar-refractivity contribution in [3.63, 3.8) is 0 Å². The molecule has 4 nitrogen and oxygen atoms in total. The van der Waals surface area contributed by atoms with Crippen LogP contribution in [0.2, 0.25) is 0 Å². The Morgan fingerprint density at radius 2 is 1.52 bits per heavy atom. The van der Waals surface area contributed by atoms with E-state index < -0.39 is 0 Å². The maximum atomic E-state index is 6.28. The molecular weight excluding hydrogens is 340 g/mol. The highest BCUT2D eigenvalue weighted by atomic mass is 16.7. The summed E-state index contributed by atoms with van der Waals surface area (Å²) in [6.45, 7) is 8.11. The molecule has 6 aliphatic rings. The lowest BCUT2D eigenvalue weighted by Crippen LogP contribution is -2.55. The number of hydrogen-bond donors (Lipinski definition) is 0. The van der Waals surface area contributed by atoms with E-state index in [2.05, 4.69) is 19.9 Å². The van der Waals surface area contributed by atoms with Gasteiger partial charge >= 0.3 is 0 Å². The molecule has 4 aliphatic carbocycles. The molecule has 150 valence electrons. The predicted octanol–water partition coefficient (Wildman–Crippen LogP) is 4.44. The Balaban J connectivity index is 1.32. The monoisotopic (exact) mass is 374 g/mol. The van der Waals surface area contributed by atoms with Gasteiger partial charge in [0.15, 0.2) is 11.6 Å². The van der Waals surface area contributed by atoms with Gasteiger partial charge in [-0.1, -0.05) is 25.5 Å². The second kappa shape index (κ2) is 5.59. The van der Waals surface area contributed by atoms with Gasteiger partial charge < -0.3 is 18.9 Å². The van der Waals surface area contributed by atoms with Crippen LogP contribution in [0, 0.1) is 28.6 Å². The minimum absolute atomic E-state index is 0.194. The van der Waals surface area contributed by atoms with Crippen LogP contribution in [-0.2, 0) is 18.9 Å². The molecule has 0 N–H and O–H groups in total. The molecule has 4 heteroatoms. The minimum Gasteiger partial charge on any atom is -0.347 e. The fourth-order valence-corrected chi connectivity index (χ4v) is 8.23. The summed E-state index contributed by atoms with van der Waals surface area (Å²) in [6, 6.07) is 0. The first kappa shape index (κ1) is 17.4. The van der Waals surface area contributed by atoms with Crippen LogP contribution < -0.4 is 0 Å². The smallest absolute Gasteiger partial charge is 0.174 e. The molecular formula is C23H34O4. The second-order valence-corrected chi connectivity index (χ2v) is 10.5. The van der Waals surface area contributed by atoms with Gasteiger partial charge in [0.1, 0.15) is 0 Å².